The Kier molecular flexibility index (Phi) is 10.3. The van der Waals surface area contributed by atoms with Gasteiger partial charge in [-0.05, 0) is 56.0 Å². The summed E-state index contributed by atoms with van der Waals surface area (Å²) in [6.45, 7) is 5.38. The Balaban J connectivity index is 1.46. The van der Waals surface area contributed by atoms with Crippen molar-refractivity contribution in [3.63, 3.8) is 0 Å². The first-order valence-corrected chi connectivity index (χ1v) is 14.8. The lowest BCUT2D eigenvalue weighted by Gasteiger charge is -2.20. The first-order valence-electron chi connectivity index (χ1n) is 13.6. The normalized spacial score (nSPS) is 13.2. The van der Waals surface area contributed by atoms with E-state index in [1.807, 2.05) is 47.9 Å². The summed E-state index contributed by atoms with van der Waals surface area (Å²) in [5, 5.41) is 4.09. The number of benzene rings is 2. The molecule has 4 rings (SSSR count). The van der Waals surface area contributed by atoms with Gasteiger partial charge in [-0.2, -0.15) is 13.2 Å². The van der Waals surface area contributed by atoms with Gasteiger partial charge in [0, 0.05) is 16.7 Å². The van der Waals surface area contributed by atoms with Crippen LogP contribution in [0, 0.1) is 5.92 Å². The van der Waals surface area contributed by atoms with Crippen LogP contribution in [0.1, 0.15) is 54.1 Å². The molecule has 14 heteroatoms. The van der Waals surface area contributed by atoms with Crippen molar-refractivity contribution in [2.24, 2.45) is 11.7 Å². The fourth-order valence-electron chi connectivity index (χ4n) is 4.54. The van der Waals surface area contributed by atoms with Crippen molar-refractivity contribution in [2.75, 3.05) is 6.54 Å². The largest absolute Gasteiger partial charge is 0.491 e. The molecule has 0 radical (unpaired) electrons. The molecule has 2 heterocycles. The summed E-state index contributed by atoms with van der Waals surface area (Å²) < 4.78 is 49.4. The van der Waals surface area contributed by atoms with Gasteiger partial charge in [-0.15, -0.1) is 11.3 Å². The van der Waals surface area contributed by atoms with Gasteiger partial charge in [0.2, 0.25) is 0 Å². The van der Waals surface area contributed by atoms with Gasteiger partial charge in [0.05, 0.1) is 11.0 Å². The highest BCUT2D eigenvalue weighted by molar-refractivity contribution is 7.16. The van der Waals surface area contributed by atoms with Crippen LogP contribution in [0.2, 0.25) is 5.02 Å². The SMILES string of the molecule is CC(C)[C@H](NCCCc1ccc2ncn(-c3cc(O[C@H](C)c4ccccc4Cl)c(C(N)=O)s3)c2c1)C(=O)OC(=O)C(F)(F)F. The molecular formula is C30H30ClF3N4O5S. The van der Waals surface area contributed by atoms with Gasteiger partial charge in [-0.25, -0.2) is 14.6 Å². The number of imidazole rings is 1. The number of nitrogens with two attached hydrogens (primary N) is 1. The number of carbonyl (C=O) groups excluding carboxylic acids is 3. The molecule has 0 saturated heterocycles. The van der Waals surface area contributed by atoms with E-state index >= 15 is 0 Å². The van der Waals surface area contributed by atoms with Crippen LogP contribution >= 0.6 is 22.9 Å². The third kappa shape index (κ3) is 7.76. The Morgan fingerprint density at radius 3 is 2.50 bits per heavy atom. The number of rotatable bonds is 12. The molecule has 234 valence electrons. The molecule has 0 aliphatic rings. The standard InChI is InChI=1S/C30H30ClF3N4O5S/c1-16(2)25(28(40)43-29(41)30(32,33)34)36-12-6-7-18-10-11-21-22(13-18)38(15-37-21)24-14-23(26(44-24)27(35)39)42-17(3)19-8-4-5-9-20(19)31/h4-5,8-11,13-17,25,36H,6-7,12H2,1-3H3,(H2,35,39)/t17-,25+/m1/s1. The quantitative estimate of drug-likeness (QED) is 0.107. The molecule has 0 unspecified atom stereocenters. The first kappa shape index (κ1) is 33.0. The van der Waals surface area contributed by atoms with E-state index in [1.165, 1.54) is 11.3 Å². The molecule has 44 heavy (non-hydrogen) atoms. The summed E-state index contributed by atoms with van der Waals surface area (Å²) in [5.74, 6) is -4.53. The van der Waals surface area contributed by atoms with E-state index in [4.69, 9.17) is 22.1 Å². The number of thiophene rings is 1. The molecule has 9 nitrogen and oxygen atoms in total. The topological polar surface area (TPSA) is 126 Å². The van der Waals surface area contributed by atoms with E-state index in [2.05, 4.69) is 15.0 Å². The van der Waals surface area contributed by atoms with E-state index < -0.39 is 42.1 Å². The lowest BCUT2D eigenvalue weighted by Crippen LogP contribution is -2.44. The summed E-state index contributed by atoms with van der Waals surface area (Å²) in [6.07, 6.45) is -2.97. The number of ether oxygens (including phenoxy) is 2. The summed E-state index contributed by atoms with van der Waals surface area (Å²) >= 11 is 7.49. The Labute approximate surface area is 260 Å². The number of carbonyl (C=O) groups is 3. The zero-order valence-corrected chi connectivity index (χ0v) is 25.6. The van der Waals surface area contributed by atoms with Crippen molar-refractivity contribution in [3.8, 4) is 10.8 Å². The molecule has 2 atom stereocenters. The number of alkyl halides is 3. The third-order valence-corrected chi connectivity index (χ3v) is 8.23. The third-order valence-electron chi connectivity index (χ3n) is 6.76. The van der Waals surface area contributed by atoms with Crippen molar-refractivity contribution < 1.29 is 37.0 Å². The number of esters is 2. The molecule has 2 aromatic heterocycles. The second kappa shape index (κ2) is 13.8. The predicted molar refractivity (Wildman–Crippen MR) is 160 cm³/mol. The highest BCUT2D eigenvalue weighted by Gasteiger charge is 2.43. The Morgan fingerprint density at radius 2 is 1.84 bits per heavy atom. The Hall–Kier alpha value is -3.94. The van der Waals surface area contributed by atoms with Gasteiger partial charge in [0.1, 0.15) is 34.1 Å². The molecule has 1 amide bonds. The summed E-state index contributed by atoms with van der Waals surface area (Å²) in [4.78, 5) is 40.2. The Morgan fingerprint density at radius 1 is 1.11 bits per heavy atom. The molecule has 3 N–H and O–H groups in total. The number of hydrogen-bond donors (Lipinski definition) is 2. The maximum Gasteiger partial charge on any atom is 0.491 e. The van der Waals surface area contributed by atoms with Crippen molar-refractivity contribution >= 4 is 51.8 Å². The average molecular weight is 651 g/mol. The molecule has 0 aliphatic carbocycles. The van der Waals surface area contributed by atoms with Crippen LogP contribution in [-0.4, -0.2) is 46.2 Å². The van der Waals surface area contributed by atoms with E-state index in [-0.39, 0.29) is 11.4 Å². The fourth-order valence-corrected chi connectivity index (χ4v) is 5.75. The van der Waals surface area contributed by atoms with E-state index in [9.17, 15) is 27.6 Å². The molecule has 0 aliphatic heterocycles. The lowest BCUT2D eigenvalue weighted by atomic mass is 10.0. The Bertz CT molecular complexity index is 1670. The molecule has 0 bridgehead atoms. The number of halogens is 4. The smallest absolute Gasteiger partial charge is 0.484 e. The minimum Gasteiger partial charge on any atom is -0.484 e. The number of aromatic nitrogens is 2. The fraction of sp³-hybridized carbons (Fsp3) is 0.333. The second-order valence-electron chi connectivity index (χ2n) is 10.3. The summed E-state index contributed by atoms with van der Waals surface area (Å²) in [6, 6.07) is 13.6. The monoisotopic (exact) mass is 650 g/mol. The number of nitrogens with one attached hydrogen (secondary N) is 1. The lowest BCUT2D eigenvalue weighted by molar-refractivity contribution is -0.202. The van der Waals surface area contributed by atoms with Crippen LogP contribution in [0.4, 0.5) is 13.2 Å². The van der Waals surface area contributed by atoms with Crippen LogP contribution in [0.25, 0.3) is 16.0 Å². The molecular weight excluding hydrogens is 621 g/mol. The van der Waals surface area contributed by atoms with E-state index in [0.29, 0.717) is 34.1 Å². The van der Waals surface area contributed by atoms with Crippen LogP contribution in [-0.2, 0) is 20.7 Å². The molecule has 0 fully saturated rings. The number of hydrogen-bond acceptors (Lipinski definition) is 8. The first-order chi connectivity index (χ1) is 20.8. The minimum atomic E-state index is -5.25. The average Bonchev–Trinajstić information content (AvgIpc) is 3.56. The number of fused-ring (bicyclic) bond motifs is 1. The van der Waals surface area contributed by atoms with Crippen molar-refractivity contribution in [3.05, 3.63) is 75.9 Å². The zero-order chi connectivity index (χ0) is 32.2. The summed E-state index contributed by atoms with van der Waals surface area (Å²) in [5.41, 5.74) is 8.85. The maximum atomic E-state index is 12.5. The minimum absolute atomic E-state index is 0.248. The zero-order valence-electron chi connectivity index (χ0n) is 24.0. The van der Waals surface area contributed by atoms with Crippen molar-refractivity contribution in [1.29, 1.82) is 0 Å². The van der Waals surface area contributed by atoms with Crippen molar-refractivity contribution in [2.45, 2.75) is 51.9 Å². The number of nitrogens with zero attached hydrogens (tertiary/aromatic N) is 2. The summed E-state index contributed by atoms with van der Waals surface area (Å²) in [7, 11) is 0. The molecule has 0 spiro atoms. The van der Waals surface area contributed by atoms with Gasteiger partial charge < -0.3 is 20.5 Å². The van der Waals surface area contributed by atoms with Crippen LogP contribution in [0.3, 0.4) is 0 Å². The second-order valence-corrected chi connectivity index (χ2v) is 11.8. The van der Waals surface area contributed by atoms with Crippen molar-refractivity contribution in [1.82, 2.24) is 14.9 Å². The maximum absolute atomic E-state index is 12.5. The highest BCUT2D eigenvalue weighted by Crippen LogP contribution is 2.37. The van der Waals surface area contributed by atoms with Gasteiger partial charge >= 0.3 is 18.1 Å². The van der Waals surface area contributed by atoms with Crippen LogP contribution < -0.4 is 15.8 Å². The molecule has 2 aromatic carbocycles. The molecule has 4 aromatic rings. The predicted octanol–water partition coefficient (Wildman–Crippen LogP) is 6.16. The number of primary amides is 1. The van der Waals surface area contributed by atoms with Crippen LogP contribution in [0.5, 0.6) is 5.75 Å². The van der Waals surface area contributed by atoms with E-state index in [1.54, 1.807) is 32.3 Å². The van der Waals surface area contributed by atoms with Crippen LogP contribution in [0.15, 0.2) is 54.9 Å². The van der Waals surface area contributed by atoms with Gasteiger partial charge in [0.25, 0.3) is 5.91 Å². The molecule has 0 saturated carbocycles. The van der Waals surface area contributed by atoms with Gasteiger partial charge in [0.15, 0.2) is 0 Å². The van der Waals surface area contributed by atoms with Gasteiger partial charge in [-0.3, -0.25) is 9.36 Å². The number of aryl methyl sites for hydroxylation is 1. The van der Waals surface area contributed by atoms with Gasteiger partial charge in [-0.1, -0.05) is 49.7 Å². The highest BCUT2D eigenvalue weighted by atomic mass is 35.5. The van der Waals surface area contributed by atoms with E-state index in [0.717, 1.165) is 16.6 Å². The number of amides is 1.